The second-order valence-corrected chi connectivity index (χ2v) is 16.2. The number of nitrogens with one attached hydrogen (secondary N) is 1. The third-order valence-corrected chi connectivity index (χ3v) is 10.7. The van der Waals surface area contributed by atoms with Crippen molar-refractivity contribution in [2.45, 2.75) is 251 Å². The molecule has 0 bridgehead atoms. The summed E-state index contributed by atoms with van der Waals surface area (Å²) in [5.41, 5.74) is 0. The van der Waals surface area contributed by atoms with E-state index >= 15 is 0 Å². The maximum Gasteiger partial charge on any atom is 0.306 e. The van der Waals surface area contributed by atoms with Gasteiger partial charge >= 0.3 is 5.97 Å². The Morgan fingerprint density at radius 1 is 0.536 bits per heavy atom. The first kappa shape index (κ1) is 53.8. The number of aliphatic hydroxyl groups is 2. The zero-order chi connectivity index (χ0) is 41.0. The maximum absolute atomic E-state index is 13.1. The molecule has 326 valence electrons. The molecule has 0 aliphatic heterocycles. The minimum absolute atomic E-state index is 0.0513. The summed E-state index contributed by atoms with van der Waals surface area (Å²) in [6.07, 6.45) is 51.7. The van der Waals surface area contributed by atoms with Gasteiger partial charge in [0, 0.05) is 6.42 Å². The maximum atomic E-state index is 13.1. The molecule has 0 aromatic carbocycles. The molecule has 0 spiro atoms. The van der Waals surface area contributed by atoms with Gasteiger partial charge in [0.1, 0.15) is 6.10 Å². The minimum atomic E-state index is -0.797. The van der Waals surface area contributed by atoms with Crippen LogP contribution in [0.4, 0.5) is 0 Å². The molecule has 0 fully saturated rings. The summed E-state index contributed by atoms with van der Waals surface area (Å²) in [6.45, 7) is 6.31. The monoisotopic (exact) mass is 786 g/mol. The van der Waals surface area contributed by atoms with Gasteiger partial charge in [-0.2, -0.15) is 0 Å². The van der Waals surface area contributed by atoms with Gasteiger partial charge in [-0.15, -0.1) is 0 Å². The minimum Gasteiger partial charge on any atom is -0.462 e. The summed E-state index contributed by atoms with van der Waals surface area (Å²) in [7, 11) is 0. The first-order chi connectivity index (χ1) is 27.5. The summed E-state index contributed by atoms with van der Waals surface area (Å²) in [5, 5.41) is 23.7. The summed E-state index contributed by atoms with van der Waals surface area (Å²) in [4.78, 5) is 26.0. The number of carbonyl (C=O) groups excluding carboxylic acids is 2. The molecule has 0 rings (SSSR count). The second kappa shape index (κ2) is 43.9. The Labute approximate surface area is 346 Å². The highest BCUT2D eigenvalue weighted by Gasteiger charge is 2.24. The Hall–Kier alpha value is -2.18. The Bertz CT molecular complexity index is 972. The van der Waals surface area contributed by atoms with Crippen LogP contribution < -0.4 is 5.32 Å². The lowest BCUT2D eigenvalue weighted by molar-refractivity contribution is -0.151. The second-order valence-electron chi connectivity index (χ2n) is 16.2. The Morgan fingerprint density at radius 3 is 1.55 bits per heavy atom. The van der Waals surface area contributed by atoms with Crippen LogP contribution in [0.2, 0.25) is 0 Å². The average molecular weight is 786 g/mol. The van der Waals surface area contributed by atoms with Crippen molar-refractivity contribution in [2.24, 2.45) is 0 Å². The molecule has 6 nitrogen and oxygen atoms in total. The van der Waals surface area contributed by atoms with Crippen molar-refractivity contribution in [2.75, 3.05) is 6.61 Å². The zero-order valence-corrected chi connectivity index (χ0v) is 37.0. The fourth-order valence-electron chi connectivity index (χ4n) is 7.07. The Kier molecular flexibility index (Phi) is 42.2. The summed E-state index contributed by atoms with van der Waals surface area (Å²) < 4.78 is 5.88. The molecule has 0 aliphatic rings. The SMILES string of the molecule is CC/C=C/C=C/C=C\CCCCCC(CC(=O)NC(CO)C(O)CCCCCCCCCCCCCCCC)OC(=O)CCCCCCC/C=C\CCCCC. The average Bonchev–Trinajstić information content (AvgIpc) is 3.19. The number of rotatable bonds is 42. The molecular weight excluding hydrogens is 695 g/mol. The van der Waals surface area contributed by atoms with Crippen LogP contribution in [0.3, 0.4) is 0 Å². The zero-order valence-electron chi connectivity index (χ0n) is 37.0. The number of unbranched alkanes of at least 4 members (excludes halogenated alkanes) is 24. The van der Waals surface area contributed by atoms with Crippen LogP contribution in [-0.4, -0.2) is 46.9 Å². The fourth-order valence-corrected chi connectivity index (χ4v) is 7.07. The van der Waals surface area contributed by atoms with E-state index in [4.69, 9.17) is 4.74 Å². The third kappa shape index (κ3) is 38.7. The van der Waals surface area contributed by atoms with E-state index < -0.39 is 18.2 Å². The largest absolute Gasteiger partial charge is 0.462 e. The van der Waals surface area contributed by atoms with Crippen LogP contribution in [0.1, 0.15) is 233 Å². The van der Waals surface area contributed by atoms with Gasteiger partial charge < -0.3 is 20.3 Å². The highest BCUT2D eigenvalue weighted by Crippen LogP contribution is 2.17. The highest BCUT2D eigenvalue weighted by atomic mass is 16.5. The molecule has 0 aromatic rings. The van der Waals surface area contributed by atoms with Crippen LogP contribution in [0, 0.1) is 0 Å². The molecule has 3 atom stereocenters. The summed E-state index contributed by atoms with van der Waals surface area (Å²) in [5.74, 6) is -0.519. The smallest absolute Gasteiger partial charge is 0.306 e. The molecule has 1 amide bonds. The normalized spacial score (nSPS) is 13.7. The van der Waals surface area contributed by atoms with E-state index in [0.717, 1.165) is 77.0 Å². The highest BCUT2D eigenvalue weighted by molar-refractivity contribution is 5.77. The van der Waals surface area contributed by atoms with Crippen molar-refractivity contribution in [3.05, 3.63) is 48.6 Å². The summed E-state index contributed by atoms with van der Waals surface area (Å²) >= 11 is 0. The number of amides is 1. The van der Waals surface area contributed by atoms with Crippen molar-refractivity contribution in [3.8, 4) is 0 Å². The molecule has 56 heavy (non-hydrogen) atoms. The van der Waals surface area contributed by atoms with Crippen LogP contribution in [0.25, 0.3) is 0 Å². The van der Waals surface area contributed by atoms with Crippen LogP contribution in [0.15, 0.2) is 48.6 Å². The van der Waals surface area contributed by atoms with E-state index in [2.05, 4.69) is 62.5 Å². The molecule has 0 saturated heterocycles. The van der Waals surface area contributed by atoms with Crippen molar-refractivity contribution in [3.63, 3.8) is 0 Å². The predicted molar refractivity (Wildman–Crippen MR) is 241 cm³/mol. The lowest BCUT2D eigenvalue weighted by Crippen LogP contribution is -2.46. The number of aliphatic hydroxyl groups excluding tert-OH is 2. The van der Waals surface area contributed by atoms with Gasteiger partial charge in [-0.25, -0.2) is 0 Å². The summed E-state index contributed by atoms with van der Waals surface area (Å²) in [6, 6.07) is -0.712. The van der Waals surface area contributed by atoms with Crippen LogP contribution in [-0.2, 0) is 14.3 Å². The van der Waals surface area contributed by atoms with Crippen molar-refractivity contribution >= 4 is 11.9 Å². The molecule has 6 heteroatoms. The lowest BCUT2D eigenvalue weighted by atomic mass is 10.0. The lowest BCUT2D eigenvalue weighted by Gasteiger charge is -2.24. The van der Waals surface area contributed by atoms with Crippen LogP contribution in [0.5, 0.6) is 0 Å². The van der Waals surface area contributed by atoms with Gasteiger partial charge in [0.05, 0.1) is 25.2 Å². The fraction of sp³-hybridized carbons (Fsp3) is 0.800. The topological polar surface area (TPSA) is 95.9 Å². The molecule has 0 aromatic heterocycles. The first-order valence-electron chi connectivity index (χ1n) is 23.9. The van der Waals surface area contributed by atoms with Gasteiger partial charge in [0.25, 0.3) is 0 Å². The van der Waals surface area contributed by atoms with E-state index in [9.17, 15) is 19.8 Å². The van der Waals surface area contributed by atoms with Gasteiger partial charge in [0.2, 0.25) is 5.91 Å². The van der Waals surface area contributed by atoms with Gasteiger partial charge in [0.15, 0.2) is 0 Å². The number of carbonyl (C=O) groups is 2. The Balaban J connectivity index is 4.58. The van der Waals surface area contributed by atoms with Gasteiger partial charge in [-0.1, -0.05) is 198 Å². The van der Waals surface area contributed by atoms with Gasteiger partial charge in [-0.3, -0.25) is 9.59 Å². The Morgan fingerprint density at radius 2 is 0.982 bits per heavy atom. The van der Waals surface area contributed by atoms with Crippen LogP contribution >= 0.6 is 0 Å². The van der Waals surface area contributed by atoms with Crippen molar-refractivity contribution in [1.82, 2.24) is 5.32 Å². The first-order valence-corrected chi connectivity index (χ1v) is 23.9. The van der Waals surface area contributed by atoms with E-state index in [0.29, 0.717) is 19.3 Å². The van der Waals surface area contributed by atoms with E-state index in [-0.39, 0.29) is 24.9 Å². The van der Waals surface area contributed by atoms with E-state index in [1.807, 2.05) is 12.2 Å². The number of esters is 1. The quantitative estimate of drug-likeness (QED) is 0.0248. The molecule has 0 radical (unpaired) electrons. The molecule has 0 aliphatic carbocycles. The number of hydrogen-bond donors (Lipinski definition) is 3. The molecular formula is C50H91NO5. The molecule has 3 unspecified atom stereocenters. The van der Waals surface area contributed by atoms with E-state index in [1.165, 1.54) is 109 Å². The van der Waals surface area contributed by atoms with Crippen molar-refractivity contribution in [1.29, 1.82) is 0 Å². The van der Waals surface area contributed by atoms with E-state index in [1.54, 1.807) is 0 Å². The number of ether oxygens (including phenoxy) is 1. The van der Waals surface area contributed by atoms with Gasteiger partial charge in [-0.05, 0) is 70.6 Å². The predicted octanol–water partition coefficient (Wildman–Crippen LogP) is 13.9. The number of hydrogen-bond acceptors (Lipinski definition) is 5. The third-order valence-electron chi connectivity index (χ3n) is 10.7. The molecule has 3 N–H and O–H groups in total. The van der Waals surface area contributed by atoms with Crippen molar-refractivity contribution < 1.29 is 24.5 Å². The standard InChI is InChI=1S/C50H91NO5/c1-4-7-10-13-16-19-22-24-25-27-30-33-36-39-42-48(53)47(45-52)51-49(54)44-46(41-38-35-32-29-26-21-18-15-12-9-6-3)56-50(55)43-40-37-34-31-28-23-20-17-14-11-8-5-2/h9,12,15,17-18,20-21,26,46-48,52-53H,4-8,10-11,13-14,16,19,22-25,27-45H2,1-3H3,(H,51,54)/b12-9+,18-15+,20-17-,26-21-. The molecule has 0 heterocycles. The number of allylic oxidation sites excluding steroid dienone is 8. The molecule has 0 saturated carbocycles.